The van der Waals surface area contributed by atoms with Gasteiger partial charge in [0.2, 0.25) is 5.91 Å². The van der Waals surface area contributed by atoms with Crippen LogP contribution in [0.1, 0.15) is 51.4 Å². The first-order valence-electron chi connectivity index (χ1n) is 13.1. The van der Waals surface area contributed by atoms with Gasteiger partial charge in [0.25, 0.3) is 0 Å². The molecule has 9 nitrogen and oxygen atoms in total. The topological polar surface area (TPSA) is 107 Å². The van der Waals surface area contributed by atoms with E-state index in [-0.39, 0.29) is 24.2 Å². The van der Waals surface area contributed by atoms with E-state index in [4.69, 9.17) is 10.6 Å². The minimum Gasteiger partial charge on any atom is -0.369 e. The van der Waals surface area contributed by atoms with Crippen molar-refractivity contribution in [1.29, 1.82) is 0 Å². The lowest BCUT2D eigenvalue weighted by molar-refractivity contribution is -0.123. The van der Waals surface area contributed by atoms with Gasteiger partial charge in [-0.2, -0.15) is 5.48 Å². The van der Waals surface area contributed by atoms with Gasteiger partial charge < -0.3 is 16.4 Å². The lowest BCUT2D eigenvalue weighted by Gasteiger charge is -2.42. The highest BCUT2D eigenvalue weighted by Gasteiger charge is 2.42. The molecule has 0 aromatic carbocycles. The van der Waals surface area contributed by atoms with Crippen molar-refractivity contribution < 1.29 is 9.63 Å². The largest absolute Gasteiger partial charge is 0.369 e. The molecule has 5 atom stereocenters. The van der Waals surface area contributed by atoms with E-state index in [2.05, 4.69) is 31.2 Å². The van der Waals surface area contributed by atoms with Gasteiger partial charge in [-0.1, -0.05) is 0 Å². The predicted octanol–water partition coefficient (Wildman–Crippen LogP) is -0.250. The highest BCUT2D eigenvalue weighted by molar-refractivity contribution is 5.76. The SMILES string of the molecule is NC(=O)C1CCN(C2CC(C3NOC([C@@H]4CCCN4CC4CCNCC4)N3)CCN2)CC1. The van der Waals surface area contributed by atoms with Gasteiger partial charge in [-0.25, -0.2) is 0 Å². The summed E-state index contributed by atoms with van der Waals surface area (Å²) in [5, 5.41) is 11.0. The molecule has 0 saturated carbocycles. The molecule has 182 valence electrons. The maximum atomic E-state index is 11.5. The van der Waals surface area contributed by atoms with Gasteiger partial charge in [0, 0.05) is 25.6 Å². The smallest absolute Gasteiger partial charge is 0.220 e. The van der Waals surface area contributed by atoms with Crippen molar-refractivity contribution in [3.8, 4) is 0 Å². The Balaban J connectivity index is 1.11. The number of nitrogens with zero attached hydrogens (tertiary/aromatic N) is 2. The Kier molecular flexibility index (Phi) is 7.63. The fraction of sp³-hybridized carbons (Fsp3) is 0.957. The Labute approximate surface area is 192 Å². The molecular formula is C23H43N7O2. The average Bonchev–Trinajstić information content (AvgIpc) is 3.49. The lowest BCUT2D eigenvalue weighted by Crippen LogP contribution is -2.57. The number of piperidine rings is 3. The van der Waals surface area contributed by atoms with Crippen molar-refractivity contribution in [3.63, 3.8) is 0 Å². The van der Waals surface area contributed by atoms with Gasteiger partial charge in [-0.15, -0.1) is 0 Å². The Hall–Kier alpha value is -0.810. The van der Waals surface area contributed by atoms with Gasteiger partial charge >= 0.3 is 0 Å². The van der Waals surface area contributed by atoms with E-state index in [1.807, 2.05) is 0 Å². The maximum absolute atomic E-state index is 11.5. The number of nitrogens with two attached hydrogens (primary N) is 1. The third-order valence-corrected chi connectivity index (χ3v) is 8.65. The summed E-state index contributed by atoms with van der Waals surface area (Å²) >= 11 is 0. The summed E-state index contributed by atoms with van der Waals surface area (Å²) in [7, 11) is 0. The Morgan fingerprint density at radius 2 is 1.81 bits per heavy atom. The van der Waals surface area contributed by atoms with Crippen molar-refractivity contribution in [2.75, 3.05) is 45.8 Å². The molecule has 5 rings (SSSR count). The molecule has 5 aliphatic heterocycles. The molecule has 0 aliphatic carbocycles. The minimum atomic E-state index is -0.136. The van der Waals surface area contributed by atoms with E-state index in [9.17, 15) is 4.79 Å². The monoisotopic (exact) mass is 449 g/mol. The number of primary amides is 1. The number of rotatable bonds is 6. The molecular weight excluding hydrogens is 406 g/mol. The van der Waals surface area contributed by atoms with Crippen molar-refractivity contribution in [1.82, 2.24) is 31.2 Å². The Bertz CT molecular complexity index is 623. The maximum Gasteiger partial charge on any atom is 0.220 e. The second-order valence-electron chi connectivity index (χ2n) is 10.7. The molecule has 9 heteroatoms. The summed E-state index contributed by atoms with van der Waals surface area (Å²) < 4.78 is 0. The minimum absolute atomic E-state index is 0.0530. The Morgan fingerprint density at radius 3 is 2.59 bits per heavy atom. The summed E-state index contributed by atoms with van der Waals surface area (Å²) in [5.41, 5.74) is 8.88. The van der Waals surface area contributed by atoms with Crippen LogP contribution in [0, 0.1) is 17.8 Å². The first-order valence-corrected chi connectivity index (χ1v) is 13.1. The van der Waals surface area contributed by atoms with Gasteiger partial charge in [0.05, 0.1) is 18.4 Å². The zero-order valence-electron chi connectivity index (χ0n) is 19.4. The van der Waals surface area contributed by atoms with Gasteiger partial charge in [0.1, 0.15) is 6.23 Å². The van der Waals surface area contributed by atoms with Crippen molar-refractivity contribution >= 4 is 5.91 Å². The number of hydrogen-bond donors (Lipinski definition) is 5. The second-order valence-corrected chi connectivity index (χ2v) is 10.7. The summed E-state index contributed by atoms with van der Waals surface area (Å²) in [4.78, 5) is 22.8. The van der Waals surface area contributed by atoms with Crippen LogP contribution in [0.5, 0.6) is 0 Å². The molecule has 32 heavy (non-hydrogen) atoms. The van der Waals surface area contributed by atoms with Gasteiger partial charge in [0.15, 0.2) is 0 Å². The van der Waals surface area contributed by atoms with Crippen molar-refractivity contribution in [2.24, 2.45) is 23.5 Å². The van der Waals surface area contributed by atoms with E-state index in [1.165, 1.54) is 51.9 Å². The molecule has 5 heterocycles. The number of hydroxylamine groups is 1. The van der Waals surface area contributed by atoms with Crippen LogP contribution in [0.25, 0.3) is 0 Å². The number of hydrogen-bond acceptors (Lipinski definition) is 8. The fourth-order valence-electron chi connectivity index (χ4n) is 6.63. The standard InChI is InChI=1S/C23H43N7O2/c24-21(31)17-6-12-29(13-7-17)20-14-18(5-10-26-20)22-27-23(32-28-22)19-2-1-11-30(19)15-16-3-8-25-9-4-16/h16-20,22-23,25-28H,1-15H2,(H2,24,31)/t18?,19-,20?,22?,23?/m0/s1. The fourth-order valence-corrected chi connectivity index (χ4v) is 6.63. The third kappa shape index (κ3) is 5.29. The summed E-state index contributed by atoms with van der Waals surface area (Å²) in [6, 6.07) is 0.479. The van der Waals surface area contributed by atoms with Crippen LogP contribution in [-0.4, -0.2) is 86.1 Å². The Morgan fingerprint density at radius 1 is 1.00 bits per heavy atom. The first-order chi connectivity index (χ1) is 15.7. The van der Waals surface area contributed by atoms with E-state index in [1.54, 1.807) is 0 Å². The molecule has 0 spiro atoms. The highest BCUT2D eigenvalue weighted by atomic mass is 16.7. The summed E-state index contributed by atoms with van der Waals surface area (Å²) in [6.45, 7) is 7.70. The zero-order chi connectivity index (χ0) is 21.9. The number of likely N-dealkylation sites (tertiary alicyclic amines) is 2. The van der Waals surface area contributed by atoms with Crippen LogP contribution in [0.15, 0.2) is 0 Å². The van der Waals surface area contributed by atoms with Crippen molar-refractivity contribution in [2.45, 2.75) is 76.0 Å². The molecule has 0 radical (unpaired) electrons. The number of carbonyl (C=O) groups is 1. The summed E-state index contributed by atoms with van der Waals surface area (Å²) in [5.74, 6) is 1.28. The molecule has 0 aromatic rings. The number of nitrogens with one attached hydrogen (secondary N) is 4. The normalized spacial score (nSPS) is 38.9. The molecule has 1 amide bonds. The van der Waals surface area contributed by atoms with Crippen LogP contribution in [0.4, 0.5) is 0 Å². The number of amides is 1. The van der Waals surface area contributed by atoms with Gasteiger partial charge in [-0.3, -0.25) is 24.7 Å². The summed E-state index contributed by atoms with van der Waals surface area (Å²) in [6.07, 6.45) is 9.82. The quantitative estimate of drug-likeness (QED) is 0.378. The molecule has 0 bridgehead atoms. The van der Waals surface area contributed by atoms with Crippen LogP contribution < -0.4 is 27.2 Å². The molecule has 4 unspecified atom stereocenters. The average molecular weight is 450 g/mol. The van der Waals surface area contributed by atoms with E-state index in [0.29, 0.717) is 18.1 Å². The highest BCUT2D eigenvalue weighted by Crippen LogP contribution is 2.30. The molecule has 5 aliphatic rings. The lowest BCUT2D eigenvalue weighted by atomic mass is 9.90. The van der Waals surface area contributed by atoms with E-state index in [0.717, 1.165) is 51.2 Å². The zero-order valence-corrected chi connectivity index (χ0v) is 19.4. The number of carbonyl (C=O) groups excluding carboxylic acids is 1. The van der Waals surface area contributed by atoms with E-state index < -0.39 is 0 Å². The second kappa shape index (κ2) is 10.6. The third-order valence-electron chi connectivity index (χ3n) is 8.65. The molecule has 5 saturated heterocycles. The van der Waals surface area contributed by atoms with Crippen LogP contribution in [0.2, 0.25) is 0 Å². The van der Waals surface area contributed by atoms with Crippen LogP contribution >= 0.6 is 0 Å². The molecule has 5 fully saturated rings. The van der Waals surface area contributed by atoms with E-state index >= 15 is 0 Å². The van der Waals surface area contributed by atoms with Crippen molar-refractivity contribution in [3.05, 3.63) is 0 Å². The predicted molar refractivity (Wildman–Crippen MR) is 123 cm³/mol. The first kappa shape index (κ1) is 23.0. The molecule has 0 aromatic heterocycles. The van der Waals surface area contributed by atoms with Crippen LogP contribution in [-0.2, 0) is 9.63 Å². The molecule has 6 N–H and O–H groups in total. The van der Waals surface area contributed by atoms with Crippen LogP contribution in [0.3, 0.4) is 0 Å². The van der Waals surface area contributed by atoms with Gasteiger partial charge in [-0.05, 0) is 89.4 Å².